The number of methoxy groups -OCH3 is 1. The first kappa shape index (κ1) is 22.0. The minimum atomic E-state index is -0.936. The molecule has 144 valence electrons. The van der Waals surface area contributed by atoms with E-state index in [2.05, 4.69) is 112 Å². The summed E-state index contributed by atoms with van der Waals surface area (Å²) in [7, 11) is 0.683. The molecule has 0 bridgehead atoms. The van der Waals surface area contributed by atoms with Gasteiger partial charge >= 0.3 is 5.97 Å². The van der Waals surface area contributed by atoms with Crippen LogP contribution in [0.15, 0.2) is 103 Å². The molecule has 0 spiro atoms. The van der Waals surface area contributed by atoms with E-state index in [1.54, 1.807) is 0 Å². The highest BCUT2D eigenvalue weighted by molar-refractivity contribution is 9.09. The molecular formula is C23H21BrFO2P. The van der Waals surface area contributed by atoms with Crippen LogP contribution in [0.2, 0.25) is 0 Å². The monoisotopic (exact) mass is 458 g/mol. The van der Waals surface area contributed by atoms with Crippen molar-refractivity contribution < 1.29 is 13.9 Å². The number of alkyl halides is 1. The summed E-state index contributed by atoms with van der Waals surface area (Å²) in [6, 6.07) is 32.3. The first-order chi connectivity index (χ1) is 13.7. The fraction of sp³-hybridized carbons (Fsp3) is 0.0870. The number of halogens is 2. The maximum Gasteiger partial charge on any atom is 0.366 e. The van der Waals surface area contributed by atoms with E-state index in [1.165, 1.54) is 15.9 Å². The molecule has 0 amide bonds. The number of benzene rings is 3. The Balaban J connectivity index is 0.000000266. The fourth-order valence-electron chi connectivity index (χ4n) is 2.43. The number of esters is 1. The zero-order chi connectivity index (χ0) is 20.2. The maximum absolute atomic E-state index is 12.2. The second kappa shape index (κ2) is 12.2. The molecule has 0 saturated heterocycles. The Labute approximate surface area is 174 Å². The molecule has 0 N–H and O–H groups in total. The molecule has 0 atom stereocenters. The second-order valence-electron chi connectivity index (χ2n) is 5.54. The SMILES string of the molecule is COC(=O)/C(F)=C/CBr.c1ccc(P(c2ccccc2)c2ccccc2)cc1. The molecule has 3 aromatic carbocycles. The van der Waals surface area contributed by atoms with Gasteiger partial charge in [0, 0.05) is 5.33 Å². The molecule has 2 nitrogen and oxygen atoms in total. The number of carbonyl (C=O) groups excluding carboxylic acids is 1. The third kappa shape index (κ3) is 6.70. The first-order valence-electron chi connectivity index (χ1n) is 8.62. The third-order valence-electron chi connectivity index (χ3n) is 3.68. The largest absolute Gasteiger partial charge is 0.464 e. The summed E-state index contributed by atoms with van der Waals surface area (Å²) in [5, 5.41) is 4.51. The minimum absolute atomic E-state index is 0.313. The quantitative estimate of drug-likeness (QED) is 0.236. The van der Waals surface area contributed by atoms with Crippen molar-refractivity contribution in [1.82, 2.24) is 0 Å². The molecule has 0 aromatic heterocycles. The van der Waals surface area contributed by atoms with Gasteiger partial charge in [-0.2, -0.15) is 4.39 Å². The molecule has 0 aliphatic rings. The highest BCUT2D eigenvalue weighted by atomic mass is 79.9. The smallest absolute Gasteiger partial charge is 0.366 e. The van der Waals surface area contributed by atoms with E-state index in [1.807, 2.05) is 0 Å². The van der Waals surface area contributed by atoms with Gasteiger partial charge in [0.25, 0.3) is 0 Å². The number of carbonyl (C=O) groups is 1. The number of rotatable bonds is 5. The first-order valence-corrected chi connectivity index (χ1v) is 11.1. The summed E-state index contributed by atoms with van der Waals surface area (Å²) < 4.78 is 16.2. The lowest BCUT2D eigenvalue weighted by molar-refractivity contribution is -0.137. The molecular weight excluding hydrogens is 438 g/mol. The van der Waals surface area contributed by atoms with Crippen molar-refractivity contribution >= 4 is 45.7 Å². The fourth-order valence-corrected chi connectivity index (χ4v) is 5.02. The van der Waals surface area contributed by atoms with Crippen LogP contribution >= 0.6 is 23.9 Å². The summed E-state index contributed by atoms with van der Waals surface area (Å²) >= 11 is 2.92. The third-order valence-corrected chi connectivity index (χ3v) is 6.45. The van der Waals surface area contributed by atoms with Gasteiger partial charge in [-0.25, -0.2) is 4.79 Å². The van der Waals surface area contributed by atoms with Crippen LogP contribution in [0.1, 0.15) is 0 Å². The highest BCUT2D eigenvalue weighted by Crippen LogP contribution is 2.32. The van der Waals surface area contributed by atoms with Gasteiger partial charge in [0.2, 0.25) is 5.83 Å². The lowest BCUT2D eigenvalue weighted by Gasteiger charge is -2.18. The van der Waals surface area contributed by atoms with Crippen LogP contribution in [0.25, 0.3) is 0 Å². The van der Waals surface area contributed by atoms with Crippen molar-refractivity contribution in [2.75, 3.05) is 12.4 Å². The number of allylic oxidation sites excluding steroid dienone is 1. The zero-order valence-corrected chi connectivity index (χ0v) is 17.9. The van der Waals surface area contributed by atoms with Gasteiger partial charge in [-0.1, -0.05) is 107 Å². The van der Waals surface area contributed by atoms with Crippen molar-refractivity contribution in [2.24, 2.45) is 0 Å². The Kier molecular flexibility index (Phi) is 9.61. The molecule has 3 aromatic rings. The van der Waals surface area contributed by atoms with Gasteiger partial charge in [-0.05, 0) is 29.9 Å². The normalized spacial score (nSPS) is 10.8. The van der Waals surface area contributed by atoms with Gasteiger partial charge in [-0.15, -0.1) is 0 Å². The van der Waals surface area contributed by atoms with Gasteiger partial charge in [0.05, 0.1) is 7.11 Å². The molecule has 28 heavy (non-hydrogen) atoms. The van der Waals surface area contributed by atoms with Crippen LogP contribution in [-0.4, -0.2) is 18.4 Å². The summed E-state index contributed by atoms with van der Waals surface area (Å²) in [5.41, 5.74) is 0. The summed E-state index contributed by atoms with van der Waals surface area (Å²) in [4.78, 5) is 10.2. The molecule has 0 saturated carbocycles. The van der Waals surface area contributed by atoms with Crippen molar-refractivity contribution in [2.45, 2.75) is 0 Å². The van der Waals surface area contributed by atoms with Gasteiger partial charge in [-0.3, -0.25) is 0 Å². The zero-order valence-electron chi connectivity index (χ0n) is 15.5. The van der Waals surface area contributed by atoms with Gasteiger partial charge < -0.3 is 4.74 Å². The predicted molar refractivity (Wildman–Crippen MR) is 120 cm³/mol. The molecule has 3 rings (SSSR count). The topological polar surface area (TPSA) is 26.3 Å². The predicted octanol–water partition coefficient (Wildman–Crippen LogP) is 4.85. The van der Waals surface area contributed by atoms with E-state index in [0.717, 1.165) is 13.2 Å². The summed E-state index contributed by atoms with van der Waals surface area (Å²) in [5.74, 6) is -1.80. The van der Waals surface area contributed by atoms with Crippen LogP contribution in [0, 0.1) is 0 Å². The van der Waals surface area contributed by atoms with Crippen molar-refractivity contribution in [3.8, 4) is 0 Å². The van der Waals surface area contributed by atoms with Crippen molar-refractivity contribution in [3.05, 3.63) is 103 Å². The molecule has 0 fully saturated rings. The van der Waals surface area contributed by atoms with E-state index in [9.17, 15) is 9.18 Å². The minimum Gasteiger partial charge on any atom is -0.464 e. The number of hydrogen-bond donors (Lipinski definition) is 0. The van der Waals surface area contributed by atoms with E-state index in [4.69, 9.17) is 0 Å². The van der Waals surface area contributed by atoms with E-state index in [0.29, 0.717) is 5.33 Å². The molecule has 0 aliphatic heterocycles. The average Bonchev–Trinajstić information content (AvgIpc) is 2.76. The van der Waals surface area contributed by atoms with E-state index >= 15 is 0 Å². The Morgan fingerprint density at radius 1 is 0.857 bits per heavy atom. The average molecular weight is 459 g/mol. The van der Waals surface area contributed by atoms with Crippen molar-refractivity contribution in [3.63, 3.8) is 0 Å². The van der Waals surface area contributed by atoms with Gasteiger partial charge in [0.1, 0.15) is 0 Å². The highest BCUT2D eigenvalue weighted by Gasteiger charge is 2.14. The number of ether oxygens (including phenoxy) is 1. The molecule has 5 heteroatoms. The Bertz CT molecular complexity index is 777. The lowest BCUT2D eigenvalue weighted by atomic mass is 10.4. The summed E-state index contributed by atoms with van der Waals surface area (Å²) in [6.45, 7) is 0. The standard InChI is InChI=1S/C18H15P.C5H6BrFO2/c1-4-10-16(11-5-1)19(17-12-6-2-7-13-17)18-14-8-3-9-15-18;1-9-5(8)4(7)2-3-6/h1-15H;2H,3H2,1H3/b;4-2-. The second-order valence-corrected chi connectivity index (χ2v) is 8.41. The Hall–Kier alpha value is -2.29. The molecule has 0 unspecified atom stereocenters. The van der Waals surface area contributed by atoms with Gasteiger partial charge in [0.15, 0.2) is 0 Å². The lowest BCUT2D eigenvalue weighted by Crippen LogP contribution is -2.20. The molecule has 0 radical (unpaired) electrons. The summed E-state index contributed by atoms with van der Waals surface area (Å²) in [6.07, 6.45) is 1.09. The van der Waals surface area contributed by atoms with Crippen molar-refractivity contribution in [1.29, 1.82) is 0 Å². The van der Waals surface area contributed by atoms with Crippen LogP contribution in [0.5, 0.6) is 0 Å². The Morgan fingerprint density at radius 3 is 1.50 bits per heavy atom. The van der Waals surface area contributed by atoms with Crippen LogP contribution in [-0.2, 0) is 9.53 Å². The van der Waals surface area contributed by atoms with E-state index in [-0.39, 0.29) is 0 Å². The maximum atomic E-state index is 12.2. The molecule has 0 aliphatic carbocycles. The molecule has 0 heterocycles. The van der Waals surface area contributed by atoms with Crippen LogP contribution in [0.4, 0.5) is 4.39 Å². The van der Waals surface area contributed by atoms with Crippen LogP contribution in [0.3, 0.4) is 0 Å². The Morgan fingerprint density at radius 2 is 1.21 bits per heavy atom. The van der Waals surface area contributed by atoms with E-state index < -0.39 is 19.7 Å². The number of hydrogen-bond acceptors (Lipinski definition) is 2. The van der Waals surface area contributed by atoms with Crippen LogP contribution < -0.4 is 15.9 Å².